The molecule has 0 saturated heterocycles. The Morgan fingerprint density at radius 1 is 1.00 bits per heavy atom. The van der Waals surface area contributed by atoms with Crippen LogP contribution in [0.4, 0.5) is 4.39 Å². The number of sulfonamides is 1. The monoisotopic (exact) mass is 379 g/mol. The second kappa shape index (κ2) is 9.45. The van der Waals surface area contributed by atoms with Crippen molar-refractivity contribution in [3.8, 4) is 0 Å². The van der Waals surface area contributed by atoms with Crippen LogP contribution in [-0.2, 0) is 14.8 Å². The highest BCUT2D eigenvalue weighted by Gasteiger charge is 2.21. The normalized spacial score (nSPS) is 12.7. The van der Waals surface area contributed by atoms with Gasteiger partial charge in [0.2, 0.25) is 10.0 Å². The molecule has 0 aliphatic rings. The molecule has 0 aliphatic carbocycles. The quantitative estimate of drug-likeness (QED) is 0.614. The van der Waals surface area contributed by atoms with E-state index < -0.39 is 27.9 Å². The largest absolute Gasteiger partial charge is 0.481 e. The van der Waals surface area contributed by atoms with Crippen LogP contribution in [0.2, 0.25) is 0 Å². The molecule has 0 spiro atoms. The number of carboxylic acid groups (broad SMARTS) is 1. The van der Waals surface area contributed by atoms with Gasteiger partial charge in [-0.2, -0.15) is 0 Å². The topological polar surface area (TPSA) is 83.5 Å². The molecule has 5 nitrogen and oxygen atoms in total. The molecule has 0 aliphatic heterocycles. The SMILES string of the molecule is O=C(O)CCCCCC(NS(=O)(=O)c1ccc(F)cc1)c1ccccc1. The Labute approximate surface area is 152 Å². The maximum atomic E-state index is 13.0. The molecule has 0 heterocycles. The lowest BCUT2D eigenvalue weighted by atomic mass is 10.0. The van der Waals surface area contributed by atoms with Crippen LogP contribution in [-0.4, -0.2) is 19.5 Å². The molecule has 0 fully saturated rings. The minimum absolute atomic E-state index is 0.00529. The lowest BCUT2D eigenvalue weighted by Gasteiger charge is -2.19. The first kappa shape index (κ1) is 20.1. The van der Waals surface area contributed by atoms with E-state index in [2.05, 4.69) is 4.72 Å². The fourth-order valence-electron chi connectivity index (χ4n) is 2.65. The third-order valence-corrected chi connectivity index (χ3v) is 5.49. The lowest BCUT2D eigenvalue weighted by molar-refractivity contribution is -0.137. The van der Waals surface area contributed by atoms with Crippen LogP contribution in [0.15, 0.2) is 59.5 Å². The van der Waals surface area contributed by atoms with Crippen LogP contribution < -0.4 is 4.72 Å². The summed E-state index contributed by atoms with van der Waals surface area (Å²) >= 11 is 0. The summed E-state index contributed by atoms with van der Waals surface area (Å²) in [5.41, 5.74) is 0.830. The first-order valence-electron chi connectivity index (χ1n) is 8.43. The maximum Gasteiger partial charge on any atom is 0.303 e. The number of carbonyl (C=O) groups is 1. The smallest absolute Gasteiger partial charge is 0.303 e. The Hall–Kier alpha value is -2.25. The van der Waals surface area contributed by atoms with Gasteiger partial charge in [-0.3, -0.25) is 4.79 Å². The summed E-state index contributed by atoms with van der Waals surface area (Å²) in [5, 5.41) is 8.68. The molecule has 140 valence electrons. The number of hydrogen-bond acceptors (Lipinski definition) is 3. The fourth-order valence-corrected chi connectivity index (χ4v) is 3.91. The minimum Gasteiger partial charge on any atom is -0.481 e. The Kier molecular flexibility index (Phi) is 7.29. The van der Waals surface area contributed by atoms with Gasteiger partial charge in [-0.05, 0) is 42.7 Å². The Morgan fingerprint density at radius 2 is 1.65 bits per heavy atom. The molecular weight excluding hydrogens is 357 g/mol. The molecule has 1 atom stereocenters. The molecule has 2 N–H and O–H groups in total. The molecule has 0 radical (unpaired) electrons. The summed E-state index contributed by atoms with van der Waals surface area (Å²) in [4.78, 5) is 10.6. The van der Waals surface area contributed by atoms with Crippen LogP contribution in [0, 0.1) is 5.82 Å². The summed E-state index contributed by atoms with van der Waals surface area (Å²) in [6.45, 7) is 0. The predicted octanol–water partition coefficient (Wildman–Crippen LogP) is 3.88. The minimum atomic E-state index is -3.79. The van der Waals surface area contributed by atoms with Crippen molar-refractivity contribution in [3.05, 3.63) is 66.0 Å². The van der Waals surface area contributed by atoms with Crippen molar-refractivity contribution in [1.82, 2.24) is 4.72 Å². The van der Waals surface area contributed by atoms with Gasteiger partial charge in [0, 0.05) is 12.5 Å². The number of unbranched alkanes of at least 4 members (excludes halogenated alkanes) is 2. The second-order valence-electron chi connectivity index (χ2n) is 6.03. The number of hydrogen-bond donors (Lipinski definition) is 2. The van der Waals surface area contributed by atoms with E-state index in [0.29, 0.717) is 25.7 Å². The average Bonchev–Trinajstić information content (AvgIpc) is 2.61. The first-order valence-corrected chi connectivity index (χ1v) is 9.91. The number of halogens is 1. The van der Waals surface area contributed by atoms with Crippen molar-refractivity contribution in [3.63, 3.8) is 0 Å². The van der Waals surface area contributed by atoms with Gasteiger partial charge in [0.1, 0.15) is 5.82 Å². The average molecular weight is 379 g/mol. The highest BCUT2D eigenvalue weighted by atomic mass is 32.2. The number of carboxylic acids is 1. The first-order chi connectivity index (χ1) is 12.4. The van der Waals surface area contributed by atoms with Gasteiger partial charge in [-0.15, -0.1) is 0 Å². The molecule has 26 heavy (non-hydrogen) atoms. The van der Waals surface area contributed by atoms with Crippen LogP contribution in [0.3, 0.4) is 0 Å². The summed E-state index contributed by atoms with van der Waals surface area (Å²) < 4.78 is 40.9. The van der Waals surface area contributed by atoms with Gasteiger partial charge in [-0.25, -0.2) is 17.5 Å². The number of rotatable bonds is 10. The van der Waals surface area contributed by atoms with Gasteiger partial charge < -0.3 is 5.11 Å². The van der Waals surface area contributed by atoms with Crippen molar-refractivity contribution >= 4 is 16.0 Å². The molecule has 0 bridgehead atoms. The molecular formula is C19H22FNO4S. The van der Waals surface area contributed by atoms with Crippen molar-refractivity contribution in [2.24, 2.45) is 0 Å². The molecule has 0 saturated carbocycles. The highest BCUT2D eigenvalue weighted by Crippen LogP contribution is 2.23. The Morgan fingerprint density at radius 3 is 2.27 bits per heavy atom. The molecule has 2 aromatic carbocycles. The van der Waals surface area contributed by atoms with Gasteiger partial charge >= 0.3 is 5.97 Å². The summed E-state index contributed by atoms with van der Waals surface area (Å²) in [7, 11) is -3.79. The van der Waals surface area contributed by atoms with E-state index in [9.17, 15) is 17.6 Å². The maximum absolute atomic E-state index is 13.0. The molecule has 2 aromatic rings. The predicted molar refractivity (Wildman–Crippen MR) is 96.6 cm³/mol. The summed E-state index contributed by atoms with van der Waals surface area (Å²) in [5.74, 6) is -1.33. The zero-order valence-corrected chi connectivity index (χ0v) is 15.1. The van der Waals surface area contributed by atoms with E-state index >= 15 is 0 Å². The van der Waals surface area contributed by atoms with Crippen LogP contribution in [0.5, 0.6) is 0 Å². The molecule has 1 unspecified atom stereocenters. The van der Waals surface area contributed by atoms with Crippen molar-refractivity contribution in [2.45, 2.75) is 43.0 Å². The van der Waals surface area contributed by atoms with Crippen molar-refractivity contribution < 1.29 is 22.7 Å². The van der Waals surface area contributed by atoms with Crippen molar-refractivity contribution in [1.29, 1.82) is 0 Å². The molecule has 0 amide bonds. The summed E-state index contributed by atoms with van der Waals surface area (Å²) in [6.07, 6.45) is 2.61. The zero-order valence-electron chi connectivity index (χ0n) is 14.3. The van der Waals surface area contributed by atoms with Crippen LogP contribution >= 0.6 is 0 Å². The van der Waals surface area contributed by atoms with Gasteiger partial charge in [-0.1, -0.05) is 43.2 Å². The Bertz CT molecular complexity index is 807. The lowest BCUT2D eigenvalue weighted by Crippen LogP contribution is -2.28. The van der Waals surface area contributed by atoms with Crippen molar-refractivity contribution in [2.75, 3.05) is 0 Å². The summed E-state index contributed by atoms with van der Waals surface area (Å²) in [6, 6.07) is 13.4. The number of nitrogens with one attached hydrogen (secondary N) is 1. The third kappa shape index (κ3) is 6.24. The highest BCUT2D eigenvalue weighted by molar-refractivity contribution is 7.89. The van der Waals surface area contributed by atoms with E-state index in [1.54, 1.807) is 0 Å². The molecule has 0 aromatic heterocycles. The second-order valence-corrected chi connectivity index (χ2v) is 7.75. The van der Waals surface area contributed by atoms with Crippen LogP contribution in [0.25, 0.3) is 0 Å². The molecule has 7 heteroatoms. The van der Waals surface area contributed by atoms with E-state index in [-0.39, 0.29) is 11.3 Å². The standard InChI is InChI=1S/C19H22FNO4S/c20-16-11-13-17(14-12-16)26(24,25)21-18(15-7-3-1-4-8-15)9-5-2-6-10-19(22)23/h1,3-4,7-8,11-14,18,21H,2,5-6,9-10H2,(H,22,23). The number of aliphatic carboxylic acids is 1. The Balaban J connectivity index is 2.08. The van der Waals surface area contributed by atoms with Gasteiger partial charge in [0.25, 0.3) is 0 Å². The third-order valence-electron chi connectivity index (χ3n) is 4.01. The van der Waals surface area contributed by atoms with E-state index in [4.69, 9.17) is 5.11 Å². The zero-order chi connectivity index (χ0) is 19.0. The molecule has 2 rings (SSSR count). The van der Waals surface area contributed by atoms with Gasteiger partial charge in [0.15, 0.2) is 0 Å². The fraction of sp³-hybridized carbons (Fsp3) is 0.316. The van der Waals surface area contributed by atoms with E-state index in [1.807, 2.05) is 30.3 Å². The van der Waals surface area contributed by atoms with E-state index in [1.165, 1.54) is 12.1 Å². The van der Waals surface area contributed by atoms with E-state index in [0.717, 1.165) is 17.7 Å². The van der Waals surface area contributed by atoms with Gasteiger partial charge in [0.05, 0.1) is 4.90 Å². The van der Waals surface area contributed by atoms with Crippen LogP contribution in [0.1, 0.15) is 43.7 Å². The number of benzene rings is 2.